The summed E-state index contributed by atoms with van der Waals surface area (Å²) in [7, 11) is 0. The van der Waals surface area contributed by atoms with Crippen LogP contribution < -0.4 is 10.1 Å². The molecule has 1 amide bonds. The van der Waals surface area contributed by atoms with Crippen molar-refractivity contribution in [1.29, 1.82) is 0 Å². The maximum absolute atomic E-state index is 11.7. The van der Waals surface area contributed by atoms with Crippen LogP contribution in [0.1, 0.15) is 24.5 Å². The van der Waals surface area contributed by atoms with Gasteiger partial charge in [-0.1, -0.05) is 49.4 Å². The van der Waals surface area contributed by atoms with Gasteiger partial charge in [0.2, 0.25) is 5.91 Å². The van der Waals surface area contributed by atoms with Gasteiger partial charge in [-0.25, -0.2) is 0 Å². The molecule has 24 heavy (non-hydrogen) atoms. The molecule has 0 radical (unpaired) electrons. The predicted octanol–water partition coefficient (Wildman–Crippen LogP) is 3.17. The molecule has 0 aliphatic carbocycles. The topological polar surface area (TPSA) is 58.6 Å². The number of aliphatic hydroxyl groups is 1. The fourth-order valence-electron chi connectivity index (χ4n) is 2.11. The molecular formula is C20H23NO3. The Bertz CT molecular complexity index is 646. The van der Waals surface area contributed by atoms with E-state index in [1.165, 1.54) is 6.08 Å². The Kier molecular flexibility index (Phi) is 7.05. The fourth-order valence-corrected chi connectivity index (χ4v) is 2.11. The van der Waals surface area contributed by atoms with Crippen molar-refractivity contribution in [3.63, 3.8) is 0 Å². The second-order valence-electron chi connectivity index (χ2n) is 5.47. The number of rotatable bonds is 8. The fraction of sp³-hybridized carbons (Fsp3) is 0.250. The van der Waals surface area contributed by atoms with Crippen molar-refractivity contribution in [3.8, 4) is 5.75 Å². The Labute approximate surface area is 142 Å². The van der Waals surface area contributed by atoms with Crippen molar-refractivity contribution in [2.45, 2.75) is 26.0 Å². The van der Waals surface area contributed by atoms with E-state index >= 15 is 0 Å². The summed E-state index contributed by atoms with van der Waals surface area (Å²) in [5.74, 6) is 0.576. The van der Waals surface area contributed by atoms with Gasteiger partial charge < -0.3 is 15.2 Å². The Morgan fingerprint density at radius 3 is 2.50 bits per heavy atom. The summed E-state index contributed by atoms with van der Waals surface area (Å²) in [5, 5.41) is 11.8. The van der Waals surface area contributed by atoms with Gasteiger partial charge in [-0.15, -0.1) is 0 Å². The molecule has 0 aliphatic heterocycles. The molecular weight excluding hydrogens is 302 g/mol. The minimum absolute atomic E-state index is 0.0521. The van der Waals surface area contributed by atoms with Crippen molar-refractivity contribution in [2.24, 2.45) is 0 Å². The van der Waals surface area contributed by atoms with Crippen molar-refractivity contribution < 1.29 is 14.6 Å². The maximum Gasteiger partial charge on any atom is 0.244 e. The van der Waals surface area contributed by atoms with Crippen molar-refractivity contribution in [2.75, 3.05) is 6.61 Å². The summed E-state index contributed by atoms with van der Waals surface area (Å²) in [6.45, 7) is 2.39. The second kappa shape index (κ2) is 9.53. The molecule has 126 valence electrons. The first-order valence-electron chi connectivity index (χ1n) is 8.07. The van der Waals surface area contributed by atoms with Crippen LogP contribution in [0.5, 0.6) is 5.75 Å². The highest BCUT2D eigenvalue weighted by Crippen LogP contribution is 2.15. The molecule has 0 bridgehead atoms. The largest absolute Gasteiger partial charge is 0.489 e. The van der Waals surface area contributed by atoms with Gasteiger partial charge in [-0.05, 0) is 35.8 Å². The van der Waals surface area contributed by atoms with E-state index in [1.807, 2.05) is 61.5 Å². The number of ether oxygens (including phenoxy) is 1. The SMILES string of the molecule is CCC(CO)NC(=O)/C=C/c1ccc(OCc2ccccc2)cc1. The summed E-state index contributed by atoms with van der Waals surface area (Å²) in [6.07, 6.45) is 3.90. The standard InChI is InChI=1S/C20H23NO3/c1-2-18(14-22)21-20(23)13-10-16-8-11-19(12-9-16)24-15-17-6-4-3-5-7-17/h3-13,18,22H,2,14-15H2,1H3,(H,21,23)/b13-10+. The van der Waals surface area contributed by atoms with Gasteiger partial charge in [0.05, 0.1) is 12.6 Å². The van der Waals surface area contributed by atoms with E-state index in [4.69, 9.17) is 9.84 Å². The van der Waals surface area contributed by atoms with Gasteiger partial charge >= 0.3 is 0 Å². The summed E-state index contributed by atoms with van der Waals surface area (Å²) < 4.78 is 5.72. The van der Waals surface area contributed by atoms with E-state index in [-0.39, 0.29) is 18.6 Å². The quantitative estimate of drug-likeness (QED) is 0.733. The van der Waals surface area contributed by atoms with Gasteiger partial charge in [0.1, 0.15) is 12.4 Å². The molecule has 2 aromatic rings. The Hall–Kier alpha value is -2.59. The summed E-state index contributed by atoms with van der Waals surface area (Å²) in [5.41, 5.74) is 2.03. The molecule has 0 saturated carbocycles. The van der Waals surface area contributed by atoms with Crippen LogP contribution in [0.25, 0.3) is 6.08 Å². The number of nitrogens with one attached hydrogen (secondary N) is 1. The molecule has 2 N–H and O–H groups in total. The van der Waals surface area contributed by atoms with E-state index in [2.05, 4.69) is 5.32 Å². The molecule has 4 nitrogen and oxygen atoms in total. The molecule has 2 rings (SSSR count). The number of aliphatic hydroxyl groups excluding tert-OH is 1. The molecule has 1 unspecified atom stereocenters. The first-order chi connectivity index (χ1) is 11.7. The van der Waals surface area contributed by atoms with Crippen molar-refractivity contribution >= 4 is 12.0 Å². The average molecular weight is 325 g/mol. The molecule has 1 atom stereocenters. The number of hydrogen-bond donors (Lipinski definition) is 2. The van der Waals surface area contributed by atoms with Crippen LogP contribution in [0, 0.1) is 0 Å². The second-order valence-corrected chi connectivity index (χ2v) is 5.47. The predicted molar refractivity (Wildman–Crippen MR) is 95.6 cm³/mol. The first kappa shape index (κ1) is 17.8. The zero-order valence-electron chi connectivity index (χ0n) is 13.8. The lowest BCUT2D eigenvalue weighted by Crippen LogP contribution is -2.35. The van der Waals surface area contributed by atoms with Gasteiger partial charge in [-0.3, -0.25) is 4.79 Å². The average Bonchev–Trinajstić information content (AvgIpc) is 2.64. The molecule has 0 fully saturated rings. The summed E-state index contributed by atoms with van der Waals surface area (Å²) >= 11 is 0. The lowest BCUT2D eigenvalue weighted by Gasteiger charge is -2.11. The van der Waals surface area contributed by atoms with Gasteiger partial charge in [-0.2, -0.15) is 0 Å². The van der Waals surface area contributed by atoms with E-state index in [1.54, 1.807) is 6.08 Å². The van der Waals surface area contributed by atoms with Gasteiger partial charge in [0, 0.05) is 6.08 Å². The van der Waals surface area contributed by atoms with Crippen molar-refractivity contribution in [3.05, 3.63) is 71.8 Å². The molecule has 0 saturated heterocycles. The highest BCUT2D eigenvalue weighted by Gasteiger charge is 2.05. The monoisotopic (exact) mass is 325 g/mol. The number of carbonyl (C=O) groups excluding carboxylic acids is 1. The van der Waals surface area contributed by atoms with Gasteiger partial charge in [0.15, 0.2) is 0 Å². The van der Waals surface area contributed by atoms with Crippen molar-refractivity contribution in [1.82, 2.24) is 5.32 Å². The zero-order chi connectivity index (χ0) is 17.2. The summed E-state index contributed by atoms with van der Waals surface area (Å²) in [6, 6.07) is 17.3. The van der Waals surface area contributed by atoms with Crippen LogP contribution in [0.15, 0.2) is 60.7 Å². The van der Waals surface area contributed by atoms with E-state index < -0.39 is 0 Å². The van der Waals surface area contributed by atoms with Crippen LogP contribution in [-0.4, -0.2) is 23.7 Å². The first-order valence-corrected chi connectivity index (χ1v) is 8.07. The van der Waals surface area contributed by atoms with Crippen LogP contribution in [0.3, 0.4) is 0 Å². The third kappa shape index (κ3) is 5.89. The van der Waals surface area contributed by atoms with Crippen LogP contribution in [0.4, 0.5) is 0 Å². The molecule has 0 heterocycles. The Morgan fingerprint density at radius 2 is 1.88 bits per heavy atom. The van der Waals surface area contributed by atoms with E-state index in [0.29, 0.717) is 13.0 Å². The number of benzene rings is 2. The highest BCUT2D eigenvalue weighted by molar-refractivity contribution is 5.91. The molecule has 0 aromatic heterocycles. The zero-order valence-corrected chi connectivity index (χ0v) is 13.8. The van der Waals surface area contributed by atoms with Crippen LogP contribution in [-0.2, 0) is 11.4 Å². The highest BCUT2D eigenvalue weighted by atomic mass is 16.5. The van der Waals surface area contributed by atoms with Crippen LogP contribution in [0.2, 0.25) is 0 Å². The Morgan fingerprint density at radius 1 is 1.17 bits per heavy atom. The van der Waals surface area contributed by atoms with Gasteiger partial charge in [0.25, 0.3) is 0 Å². The third-order valence-electron chi connectivity index (χ3n) is 3.62. The number of carbonyl (C=O) groups is 1. The third-order valence-corrected chi connectivity index (χ3v) is 3.62. The molecule has 4 heteroatoms. The lowest BCUT2D eigenvalue weighted by atomic mass is 10.2. The van der Waals surface area contributed by atoms with Crippen LogP contribution >= 0.6 is 0 Å². The Balaban J connectivity index is 1.85. The number of hydrogen-bond acceptors (Lipinski definition) is 3. The smallest absolute Gasteiger partial charge is 0.244 e. The van der Waals surface area contributed by atoms with E-state index in [9.17, 15) is 4.79 Å². The molecule has 0 spiro atoms. The minimum atomic E-state index is -0.208. The maximum atomic E-state index is 11.7. The summed E-state index contributed by atoms with van der Waals surface area (Å²) in [4.78, 5) is 11.7. The van der Waals surface area contributed by atoms with E-state index in [0.717, 1.165) is 16.9 Å². The lowest BCUT2D eigenvalue weighted by molar-refractivity contribution is -0.117. The molecule has 2 aromatic carbocycles. The molecule has 0 aliphatic rings. The number of amides is 1. The minimum Gasteiger partial charge on any atom is -0.489 e. The normalized spacial score (nSPS) is 12.1.